The summed E-state index contributed by atoms with van der Waals surface area (Å²) in [6.45, 7) is 0. The molecule has 0 N–H and O–H groups in total. The fourth-order valence-electron chi connectivity index (χ4n) is 1.62. The molecule has 0 atom stereocenters. The fourth-order valence-corrected chi connectivity index (χ4v) is 1.84. The molecule has 0 fully saturated rings. The third-order valence-corrected chi connectivity index (χ3v) is 2.86. The minimum atomic E-state index is -0.915. The van der Waals surface area contributed by atoms with Gasteiger partial charge in [-0.25, -0.2) is 0 Å². The molecule has 0 aliphatic rings. The molecule has 0 aliphatic carbocycles. The van der Waals surface area contributed by atoms with E-state index in [4.69, 9.17) is 0 Å². The molecule has 90 valence electrons. The van der Waals surface area contributed by atoms with Gasteiger partial charge in [0.2, 0.25) is 0 Å². The number of carboxylic acid groups (broad SMARTS) is 1. The second kappa shape index (κ2) is 15.8. The Balaban J connectivity index is 0. The topological polar surface area (TPSA) is 40.1 Å². The molecule has 0 saturated carbocycles. The van der Waals surface area contributed by atoms with E-state index in [1.807, 2.05) is 0 Å². The molecule has 0 bridgehead atoms. The summed E-state index contributed by atoms with van der Waals surface area (Å²) in [5, 5.41) is 10.1. The third kappa shape index (κ3) is 17.2. The standard InChI is InChI=1S/C12H24O2S.Na/c13-12(14)10-8-6-4-2-1-3-5-7-9-11-15;/h15H,1-11H2,(H,13,14);/q;+1/p-1. The zero-order valence-electron chi connectivity index (χ0n) is 10.5. The molecule has 0 aliphatic heterocycles. The first-order valence-electron chi connectivity index (χ1n) is 6.08. The van der Waals surface area contributed by atoms with Gasteiger partial charge in [0, 0.05) is 5.97 Å². The predicted molar refractivity (Wildman–Crippen MR) is 65.0 cm³/mol. The maximum absolute atomic E-state index is 10.1. The smallest absolute Gasteiger partial charge is 0.550 e. The van der Waals surface area contributed by atoms with E-state index in [2.05, 4.69) is 12.6 Å². The van der Waals surface area contributed by atoms with Gasteiger partial charge in [0.25, 0.3) is 0 Å². The van der Waals surface area contributed by atoms with Crippen LogP contribution in [0.25, 0.3) is 0 Å². The average Bonchev–Trinajstić information content (AvgIpc) is 2.20. The molecule has 0 aromatic carbocycles. The monoisotopic (exact) mass is 254 g/mol. The molecule has 2 nitrogen and oxygen atoms in total. The van der Waals surface area contributed by atoms with Gasteiger partial charge in [-0.2, -0.15) is 12.6 Å². The number of unbranched alkanes of at least 4 members (excludes halogenated alkanes) is 8. The third-order valence-electron chi connectivity index (χ3n) is 2.54. The first-order valence-corrected chi connectivity index (χ1v) is 6.71. The van der Waals surface area contributed by atoms with Gasteiger partial charge in [-0.3, -0.25) is 0 Å². The first kappa shape index (κ1) is 19.2. The van der Waals surface area contributed by atoms with E-state index in [1.54, 1.807) is 0 Å². The van der Waals surface area contributed by atoms with Gasteiger partial charge in [0.1, 0.15) is 0 Å². The van der Waals surface area contributed by atoms with Crippen molar-refractivity contribution < 1.29 is 39.5 Å². The molecule has 0 heterocycles. The summed E-state index contributed by atoms with van der Waals surface area (Å²) in [5.41, 5.74) is 0. The van der Waals surface area contributed by atoms with Gasteiger partial charge in [-0.15, -0.1) is 0 Å². The maximum atomic E-state index is 10.1. The van der Waals surface area contributed by atoms with Gasteiger partial charge in [-0.05, 0) is 25.0 Å². The Morgan fingerprint density at radius 3 is 1.56 bits per heavy atom. The molecule has 16 heavy (non-hydrogen) atoms. The first-order chi connectivity index (χ1) is 7.27. The van der Waals surface area contributed by atoms with Crippen LogP contribution in [0.15, 0.2) is 0 Å². The van der Waals surface area contributed by atoms with E-state index in [0.29, 0.717) is 0 Å². The second-order valence-corrected chi connectivity index (χ2v) is 4.47. The SMILES string of the molecule is O=C([O-])CCCCCCCCCCCS.[Na+]. The van der Waals surface area contributed by atoms with Crippen molar-refractivity contribution in [3.8, 4) is 0 Å². The summed E-state index contributed by atoms with van der Waals surface area (Å²) in [6.07, 6.45) is 10.9. The van der Waals surface area contributed by atoms with Crippen molar-refractivity contribution >= 4 is 18.6 Å². The van der Waals surface area contributed by atoms with Crippen molar-refractivity contribution in [2.45, 2.75) is 64.2 Å². The van der Waals surface area contributed by atoms with Crippen LogP contribution in [0.5, 0.6) is 0 Å². The summed E-state index contributed by atoms with van der Waals surface area (Å²) in [5.74, 6) is 0.0882. The van der Waals surface area contributed by atoms with Crippen molar-refractivity contribution in [3.63, 3.8) is 0 Å². The van der Waals surface area contributed by atoms with E-state index in [0.717, 1.165) is 18.6 Å². The number of hydrogen-bond donors (Lipinski definition) is 1. The Labute approximate surface area is 127 Å². The summed E-state index contributed by atoms with van der Waals surface area (Å²) < 4.78 is 0. The normalized spacial score (nSPS) is 9.81. The van der Waals surface area contributed by atoms with Gasteiger partial charge in [0.15, 0.2) is 0 Å². The average molecular weight is 254 g/mol. The van der Waals surface area contributed by atoms with Crippen LogP contribution < -0.4 is 34.7 Å². The number of carbonyl (C=O) groups is 1. The number of hydrogen-bond acceptors (Lipinski definition) is 3. The predicted octanol–water partition coefficient (Wildman–Crippen LogP) is -0.429. The zero-order chi connectivity index (χ0) is 11.4. The number of rotatable bonds is 11. The Bertz CT molecular complexity index is 154. The van der Waals surface area contributed by atoms with Crippen molar-refractivity contribution in [3.05, 3.63) is 0 Å². The van der Waals surface area contributed by atoms with Crippen LogP contribution in [0.1, 0.15) is 64.2 Å². The van der Waals surface area contributed by atoms with Crippen LogP contribution in [0.3, 0.4) is 0 Å². The molecular formula is C12H23NaO2S. The van der Waals surface area contributed by atoms with Crippen molar-refractivity contribution in [1.29, 1.82) is 0 Å². The van der Waals surface area contributed by atoms with Crippen LogP contribution in [0.4, 0.5) is 0 Å². The van der Waals surface area contributed by atoms with Gasteiger partial charge in [0.05, 0.1) is 0 Å². The minimum Gasteiger partial charge on any atom is -0.550 e. The molecule has 0 radical (unpaired) electrons. The van der Waals surface area contributed by atoms with E-state index >= 15 is 0 Å². The van der Waals surface area contributed by atoms with Crippen LogP contribution in [0, 0.1) is 0 Å². The number of carboxylic acids is 1. The van der Waals surface area contributed by atoms with Gasteiger partial charge < -0.3 is 9.90 Å². The molecule has 0 aromatic rings. The maximum Gasteiger partial charge on any atom is 1.00 e. The fraction of sp³-hybridized carbons (Fsp3) is 0.917. The largest absolute Gasteiger partial charge is 1.00 e. The van der Waals surface area contributed by atoms with Crippen molar-refractivity contribution in [2.75, 3.05) is 5.75 Å². The van der Waals surface area contributed by atoms with Gasteiger partial charge in [-0.1, -0.05) is 44.9 Å². The Kier molecular flexibility index (Phi) is 19.0. The van der Waals surface area contributed by atoms with E-state index in [1.165, 1.54) is 44.9 Å². The van der Waals surface area contributed by atoms with E-state index in [-0.39, 0.29) is 36.0 Å². The van der Waals surface area contributed by atoms with Gasteiger partial charge >= 0.3 is 29.6 Å². The molecule has 0 saturated heterocycles. The molecule has 0 spiro atoms. The number of thiol groups is 1. The van der Waals surface area contributed by atoms with E-state index < -0.39 is 5.97 Å². The van der Waals surface area contributed by atoms with Crippen molar-refractivity contribution in [1.82, 2.24) is 0 Å². The van der Waals surface area contributed by atoms with E-state index in [9.17, 15) is 9.90 Å². The summed E-state index contributed by atoms with van der Waals surface area (Å²) >= 11 is 4.17. The zero-order valence-corrected chi connectivity index (χ0v) is 13.4. The summed E-state index contributed by atoms with van der Waals surface area (Å²) in [7, 11) is 0. The molecule has 0 unspecified atom stereocenters. The van der Waals surface area contributed by atoms with Crippen LogP contribution in [-0.2, 0) is 4.79 Å². The van der Waals surface area contributed by atoms with Crippen LogP contribution >= 0.6 is 12.6 Å². The Morgan fingerprint density at radius 1 is 0.812 bits per heavy atom. The summed E-state index contributed by atoms with van der Waals surface area (Å²) in [4.78, 5) is 10.1. The number of aliphatic carboxylic acids is 1. The molecule has 0 aromatic heterocycles. The molecule has 0 amide bonds. The Hall–Kier alpha value is 0.820. The molecular weight excluding hydrogens is 231 g/mol. The van der Waals surface area contributed by atoms with Crippen molar-refractivity contribution in [2.24, 2.45) is 0 Å². The summed E-state index contributed by atoms with van der Waals surface area (Å²) in [6, 6.07) is 0. The minimum absolute atomic E-state index is 0. The molecule has 4 heteroatoms. The van der Waals surface area contributed by atoms with Crippen LogP contribution in [0.2, 0.25) is 0 Å². The van der Waals surface area contributed by atoms with Crippen LogP contribution in [-0.4, -0.2) is 11.7 Å². The number of carbonyl (C=O) groups excluding carboxylic acids is 1. The Morgan fingerprint density at radius 2 is 1.19 bits per heavy atom. The second-order valence-electron chi connectivity index (χ2n) is 4.03. The molecule has 0 rings (SSSR count). The quantitative estimate of drug-likeness (QED) is 0.309.